The second-order valence-electron chi connectivity index (χ2n) is 6.69. The van der Waals surface area contributed by atoms with Gasteiger partial charge in [-0.25, -0.2) is 9.18 Å². The van der Waals surface area contributed by atoms with E-state index in [1.165, 1.54) is 0 Å². The second-order valence-corrected chi connectivity index (χ2v) is 6.69. The highest BCUT2D eigenvalue weighted by Crippen LogP contribution is 2.40. The molecule has 26 heavy (non-hydrogen) atoms. The molecule has 0 aromatic heterocycles. The van der Waals surface area contributed by atoms with Gasteiger partial charge in [-0.05, 0) is 30.5 Å². The van der Waals surface area contributed by atoms with Gasteiger partial charge < -0.3 is 16.2 Å². The van der Waals surface area contributed by atoms with Crippen LogP contribution >= 0.6 is 0 Å². The number of carboxylic acid groups (broad SMARTS) is 1. The number of primary amides is 1. The van der Waals surface area contributed by atoms with Crippen LogP contribution in [-0.4, -0.2) is 17.1 Å². The summed E-state index contributed by atoms with van der Waals surface area (Å²) in [4.78, 5) is 22.8. The third kappa shape index (κ3) is 3.40. The molecule has 1 saturated carbocycles. The Balaban J connectivity index is 2.10. The van der Waals surface area contributed by atoms with Crippen molar-refractivity contribution >= 4 is 12.0 Å². The van der Waals surface area contributed by atoms with Crippen LogP contribution in [-0.2, 0) is 5.54 Å². The second kappa shape index (κ2) is 7.15. The van der Waals surface area contributed by atoms with Crippen LogP contribution in [0, 0.1) is 5.82 Å². The summed E-state index contributed by atoms with van der Waals surface area (Å²) in [5, 5.41) is 11.8. The number of rotatable bonds is 4. The van der Waals surface area contributed by atoms with Gasteiger partial charge in [-0.3, -0.25) is 4.79 Å². The van der Waals surface area contributed by atoms with E-state index in [2.05, 4.69) is 5.32 Å². The van der Waals surface area contributed by atoms with Gasteiger partial charge in [0.15, 0.2) is 0 Å². The molecular weight excluding hydrogens is 335 g/mol. The van der Waals surface area contributed by atoms with Crippen LogP contribution in [0.4, 0.5) is 9.18 Å². The third-order valence-corrected chi connectivity index (χ3v) is 5.03. The van der Waals surface area contributed by atoms with Gasteiger partial charge in [0.2, 0.25) is 5.91 Å². The molecule has 3 rings (SSSR count). The number of amides is 2. The first-order chi connectivity index (χ1) is 12.4. The van der Waals surface area contributed by atoms with E-state index in [1.807, 2.05) is 0 Å². The first kappa shape index (κ1) is 17.9. The number of benzene rings is 2. The topological polar surface area (TPSA) is 92.4 Å². The van der Waals surface area contributed by atoms with Crippen molar-refractivity contribution in [2.45, 2.75) is 37.6 Å². The highest BCUT2D eigenvalue weighted by molar-refractivity contribution is 5.94. The number of nitrogens with two attached hydrogens (primary N) is 1. The smallest absolute Gasteiger partial charge is 0.405 e. The van der Waals surface area contributed by atoms with Gasteiger partial charge in [-0.1, -0.05) is 49.6 Å². The van der Waals surface area contributed by atoms with Gasteiger partial charge in [0.25, 0.3) is 0 Å². The lowest BCUT2D eigenvalue weighted by Crippen LogP contribution is -2.47. The molecule has 0 spiro atoms. The number of hydrogen-bond acceptors (Lipinski definition) is 2. The summed E-state index contributed by atoms with van der Waals surface area (Å²) in [6, 6.07) is 11.4. The van der Waals surface area contributed by atoms with Crippen molar-refractivity contribution in [2.75, 3.05) is 0 Å². The van der Waals surface area contributed by atoms with E-state index in [-0.39, 0.29) is 0 Å². The zero-order chi connectivity index (χ0) is 18.7. The lowest BCUT2D eigenvalue weighted by Gasteiger charge is -2.38. The van der Waals surface area contributed by atoms with Crippen LogP contribution in [0.25, 0.3) is 11.1 Å². The number of nitrogens with one attached hydrogen (secondary N) is 1. The zero-order valence-corrected chi connectivity index (χ0v) is 14.3. The first-order valence-electron chi connectivity index (χ1n) is 8.63. The van der Waals surface area contributed by atoms with Crippen LogP contribution in [0.1, 0.15) is 48.0 Å². The van der Waals surface area contributed by atoms with E-state index < -0.39 is 23.4 Å². The Morgan fingerprint density at radius 3 is 2.42 bits per heavy atom. The van der Waals surface area contributed by atoms with E-state index >= 15 is 4.39 Å². The largest absolute Gasteiger partial charge is 0.465 e. The van der Waals surface area contributed by atoms with Gasteiger partial charge in [-0.15, -0.1) is 0 Å². The molecule has 0 saturated heterocycles. The fourth-order valence-electron chi connectivity index (χ4n) is 3.79. The van der Waals surface area contributed by atoms with Crippen molar-refractivity contribution < 1.29 is 19.1 Å². The average Bonchev–Trinajstić information content (AvgIpc) is 2.62. The molecule has 0 atom stereocenters. The molecule has 136 valence electrons. The molecule has 1 fully saturated rings. The standard InChI is InChI=1S/C20H21FN2O3/c21-17-15(13-6-4-7-14(12-13)18(22)24)8-5-9-16(17)20(23-19(25)26)10-2-1-3-11-20/h4-9,12,23H,1-3,10-11H2,(H2,22,24)(H,25,26). The predicted octanol–water partition coefficient (Wildman–Crippen LogP) is 4.02. The van der Waals surface area contributed by atoms with Crippen molar-refractivity contribution in [3.63, 3.8) is 0 Å². The first-order valence-corrected chi connectivity index (χ1v) is 8.63. The van der Waals surface area contributed by atoms with E-state index in [1.54, 1.807) is 42.5 Å². The summed E-state index contributed by atoms with van der Waals surface area (Å²) in [6.07, 6.45) is 2.63. The van der Waals surface area contributed by atoms with Crippen LogP contribution < -0.4 is 11.1 Å². The summed E-state index contributed by atoms with van der Waals surface area (Å²) in [5.41, 5.74) is 5.88. The van der Waals surface area contributed by atoms with Gasteiger partial charge in [0, 0.05) is 16.7 Å². The number of carbonyl (C=O) groups is 2. The molecule has 1 aliphatic carbocycles. The molecule has 0 heterocycles. The van der Waals surface area contributed by atoms with Crippen molar-refractivity contribution in [1.29, 1.82) is 0 Å². The zero-order valence-electron chi connectivity index (χ0n) is 14.3. The van der Waals surface area contributed by atoms with Crippen LogP contribution in [0.15, 0.2) is 42.5 Å². The highest BCUT2D eigenvalue weighted by atomic mass is 19.1. The normalized spacial score (nSPS) is 16.0. The Bertz CT molecular complexity index is 845. The Hall–Kier alpha value is -2.89. The fourth-order valence-corrected chi connectivity index (χ4v) is 3.79. The lowest BCUT2D eigenvalue weighted by molar-refractivity contribution is 0.1000. The monoisotopic (exact) mass is 356 g/mol. The minimum absolute atomic E-state index is 0.295. The van der Waals surface area contributed by atoms with Crippen molar-refractivity contribution in [1.82, 2.24) is 5.32 Å². The van der Waals surface area contributed by atoms with Crippen LogP contribution in [0.3, 0.4) is 0 Å². The predicted molar refractivity (Wildman–Crippen MR) is 96.3 cm³/mol. The van der Waals surface area contributed by atoms with E-state index in [9.17, 15) is 14.7 Å². The Kier molecular flexibility index (Phi) is 4.93. The molecular formula is C20H21FN2O3. The van der Waals surface area contributed by atoms with Gasteiger partial charge in [0.1, 0.15) is 5.82 Å². The van der Waals surface area contributed by atoms with E-state index in [4.69, 9.17) is 5.73 Å². The number of halogens is 1. The van der Waals surface area contributed by atoms with Gasteiger partial charge in [0.05, 0.1) is 5.54 Å². The average molecular weight is 356 g/mol. The molecule has 6 heteroatoms. The quantitative estimate of drug-likeness (QED) is 0.772. The molecule has 0 radical (unpaired) electrons. The summed E-state index contributed by atoms with van der Waals surface area (Å²) in [5.74, 6) is -1.05. The maximum atomic E-state index is 15.4. The Labute approximate surface area is 151 Å². The summed E-state index contributed by atoms with van der Waals surface area (Å²) in [6.45, 7) is 0. The SMILES string of the molecule is NC(=O)c1cccc(-c2cccc(C3(NC(=O)O)CCCCC3)c2F)c1. The van der Waals surface area contributed by atoms with E-state index in [0.717, 1.165) is 19.3 Å². The molecule has 0 aliphatic heterocycles. The lowest BCUT2D eigenvalue weighted by atomic mass is 9.75. The maximum Gasteiger partial charge on any atom is 0.405 e. The minimum atomic E-state index is -1.16. The molecule has 4 N–H and O–H groups in total. The van der Waals surface area contributed by atoms with Gasteiger partial charge in [-0.2, -0.15) is 0 Å². The summed E-state index contributed by atoms with van der Waals surface area (Å²) < 4.78 is 15.4. The molecule has 0 unspecified atom stereocenters. The number of hydrogen-bond donors (Lipinski definition) is 3. The molecule has 2 aromatic carbocycles. The van der Waals surface area contributed by atoms with Crippen LogP contribution in [0.5, 0.6) is 0 Å². The molecule has 5 nitrogen and oxygen atoms in total. The molecule has 2 amide bonds. The molecule has 0 bridgehead atoms. The van der Waals surface area contributed by atoms with Crippen molar-refractivity contribution in [2.24, 2.45) is 5.73 Å². The maximum absolute atomic E-state index is 15.4. The third-order valence-electron chi connectivity index (χ3n) is 5.03. The summed E-state index contributed by atoms with van der Waals surface area (Å²) >= 11 is 0. The number of carbonyl (C=O) groups excluding carboxylic acids is 1. The van der Waals surface area contributed by atoms with E-state index in [0.29, 0.717) is 35.1 Å². The Morgan fingerprint density at radius 1 is 1.08 bits per heavy atom. The summed E-state index contributed by atoms with van der Waals surface area (Å²) in [7, 11) is 0. The van der Waals surface area contributed by atoms with Crippen molar-refractivity contribution in [3.05, 3.63) is 59.4 Å². The Morgan fingerprint density at radius 2 is 1.77 bits per heavy atom. The molecule has 2 aromatic rings. The van der Waals surface area contributed by atoms with Crippen LogP contribution in [0.2, 0.25) is 0 Å². The minimum Gasteiger partial charge on any atom is -0.465 e. The molecule has 1 aliphatic rings. The van der Waals surface area contributed by atoms with Crippen molar-refractivity contribution in [3.8, 4) is 11.1 Å². The highest BCUT2D eigenvalue weighted by Gasteiger charge is 2.38. The van der Waals surface area contributed by atoms with Gasteiger partial charge >= 0.3 is 6.09 Å². The fraction of sp³-hybridized carbons (Fsp3) is 0.300.